The highest BCUT2D eigenvalue weighted by Gasteiger charge is 2.25. The highest BCUT2D eigenvalue weighted by Crippen LogP contribution is 2.46. The van der Waals surface area contributed by atoms with E-state index in [4.69, 9.17) is 14.2 Å². The second-order valence-electron chi connectivity index (χ2n) is 3.43. The van der Waals surface area contributed by atoms with E-state index in [1.165, 1.54) is 5.56 Å². The molecule has 0 bridgehead atoms. The first-order valence-corrected chi connectivity index (χ1v) is 4.65. The van der Waals surface area contributed by atoms with Crippen molar-refractivity contribution in [3.05, 3.63) is 17.7 Å². The van der Waals surface area contributed by atoms with Crippen LogP contribution < -0.4 is 14.2 Å². The molecule has 0 N–H and O–H groups in total. The van der Waals surface area contributed by atoms with Crippen molar-refractivity contribution in [2.45, 2.75) is 12.8 Å². The second kappa shape index (κ2) is 3.40. The number of hydrogen-bond donors (Lipinski definition) is 0. The molecular weight excluding hydrogens is 180 g/mol. The van der Waals surface area contributed by atoms with Gasteiger partial charge < -0.3 is 14.2 Å². The number of rotatable bonds is 2. The third-order valence-corrected chi connectivity index (χ3v) is 2.54. The molecule has 0 radical (unpaired) electrons. The van der Waals surface area contributed by atoms with E-state index in [1.807, 2.05) is 12.1 Å². The van der Waals surface area contributed by atoms with Gasteiger partial charge in [0.1, 0.15) is 0 Å². The van der Waals surface area contributed by atoms with Gasteiger partial charge in [0.05, 0.1) is 20.8 Å². The Morgan fingerprint density at radius 3 is 2.71 bits per heavy atom. The number of ether oxygens (including phenoxy) is 3. The lowest BCUT2D eigenvalue weighted by atomic mass is 10.0. The van der Waals surface area contributed by atoms with Crippen LogP contribution in [0.1, 0.15) is 18.4 Å². The molecule has 0 spiro atoms. The molecule has 0 saturated heterocycles. The van der Waals surface area contributed by atoms with Crippen LogP contribution in [-0.4, -0.2) is 20.8 Å². The molecule has 1 heterocycles. The first-order chi connectivity index (χ1) is 6.77. The van der Waals surface area contributed by atoms with Gasteiger partial charge in [0.15, 0.2) is 11.5 Å². The standard InChI is InChI=1S/C11H14O3/c1-7-6-14-10-8(7)4-5-9(12-2)11(10)13-3/h4-5,7H,6H2,1-3H3. The molecule has 76 valence electrons. The van der Waals surface area contributed by atoms with Crippen LogP contribution in [-0.2, 0) is 0 Å². The van der Waals surface area contributed by atoms with Crippen molar-refractivity contribution in [3.63, 3.8) is 0 Å². The van der Waals surface area contributed by atoms with Crippen LogP contribution in [0.3, 0.4) is 0 Å². The fourth-order valence-electron chi connectivity index (χ4n) is 1.75. The molecule has 0 amide bonds. The number of hydrogen-bond acceptors (Lipinski definition) is 3. The number of fused-ring (bicyclic) bond motifs is 1. The van der Waals surface area contributed by atoms with Gasteiger partial charge >= 0.3 is 0 Å². The van der Waals surface area contributed by atoms with Gasteiger partial charge in [0.25, 0.3) is 0 Å². The van der Waals surface area contributed by atoms with Crippen molar-refractivity contribution < 1.29 is 14.2 Å². The molecule has 14 heavy (non-hydrogen) atoms. The second-order valence-corrected chi connectivity index (χ2v) is 3.43. The van der Waals surface area contributed by atoms with Crippen molar-refractivity contribution in [3.8, 4) is 17.2 Å². The topological polar surface area (TPSA) is 27.7 Å². The fraction of sp³-hybridized carbons (Fsp3) is 0.455. The SMILES string of the molecule is COc1ccc2c(c1OC)OCC2C. The van der Waals surface area contributed by atoms with E-state index in [-0.39, 0.29) is 0 Å². The maximum absolute atomic E-state index is 5.57. The van der Waals surface area contributed by atoms with Crippen LogP contribution in [0.25, 0.3) is 0 Å². The third-order valence-electron chi connectivity index (χ3n) is 2.54. The molecule has 3 nitrogen and oxygen atoms in total. The highest BCUT2D eigenvalue weighted by molar-refractivity contribution is 5.58. The summed E-state index contributed by atoms with van der Waals surface area (Å²) in [7, 11) is 3.26. The van der Waals surface area contributed by atoms with Crippen LogP contribution >= 0.6 is 0 Å². The summed E-state index contributed by atoms with van der Waals surface area (Å²) in [6.07, 6.45) is 0. The van der Waals surface area contributed by atoms with E-state index in [0.29, 0.717) is 11.7 Å². The number of methoxy groups -OCH3 is 2. The first-order valence-electron chi connectivity index (χ1n) is 4.65. The molecule has 3 heteroatoms. The quantitative estimate of drug-likeness (QED) is 0.722. The average Bonchev–Trinajstić information content (AvgIpc) is 2.59. The highest BCUT2D eigenvalue weighted by atomic mass is 16.5. The zero-order valence-electron chi connectivity index (χ0n) is 8.66. The predicted octanol–water partition coefficient (Wildman–Crippen LogP) is 2.20. The summed E-state index contributed by atoms with van der Waals surface area (Å²) < 4.78 is 16.0. The molecule has 1 aromatic rings. The van der Waals surface area contributed by atoms with E-state index in [2.05, 4.69) is 6.92 Å². The lowest BCUT2D eigenvalue weighted by Crippen LogP contribution is -1.94. The first kappa shape index (κ1) is 9.19. The Morgan fingerprint density at radius 1 is 1.29 bits per heavy atom. The van der Waals surface area contributed by atoms with E-state index in [0.717, 1.165) is 18.1 Å². The van der Waals surface area contributed by atoms with E-state index in [9.17, 15) is 0 Å². The predicted molar refractivity (Wildman–Crippen MR) is 53.5 cm³/mol. The van der Waals surface area contributed by atoms with E-state index < -0.39 is 0 Å². The Bertz CT molecular complexity index is 347. The Kier molecular flexibility index (Phi) is 2.23. The van der Waals surface area contributed by atoms with Gasteiger partial charge in [0.2, 0.25) is 5.75 Å². The zero-order valence-corrected chi connectivity index (χ0v) is 8.66. The van der Waals surface area contributed by atoms with Gasteiger partial charge in [-0.05, 0) is 6.07 Å². The maximum Gasteiger partial charge on any atom is 0.203 e. The molecule has 1 aliphatic heterocycles. The molecule has 1 aromatic carbocycles. The number of benzene rings is 1. The summed E-state index contributed by atoms with van der Waals surface area (Å²) in [5.74, 6) is 2.69. The monoisotopic (exact) mass is 194 g/mol. The lowest BCUT2D eigenvalue weighted by molar-refractivity contribution is 0.301. The summed E-state index contributed by atoms with van der Waals surface area (Å²) in [6, 6.07) is 3.96. The Hall–Kier alpha value is -1.38. The molecule has 2 rings (SSSR count). The molecule has 1 aliphatic rings. The summed E-state index contributed by atoms with van der Waals surface area (Å²) in [5.41, 5.74) is 1.20. The average molecular weight is 194 g/mol. The lowest BCUT2D eigenvalue weighted by Gasteiger charge is -2.11. The summed E-state index contributed by atoms with van der Waals surface area (Å²) in [5, 5.41) is 0. The summed E-state index contributed by atoms with van der Waals surface area (Å²) in [4.78, 5) is 0. The molecular formula is C11H14O3. The van der Waals surface area contributed by atoms with E-state index in [1.54, 1.807) is 14.2 Å². The molecule has 0 aromatic heterocycles. The maximum atomic E-state index is 5.57. The minimum absolute atomic E-state index is 0.435. The Morgan fingerprint density at radius 2 is 2.07 bits per heavy atom. The van der Waals surface area contributed by atoms with Gasteiger partial charge in [-0.25, -0.2) is 0 Å². The summed E-state index contributed by atoms with van der Waals surface area (Å²) in [6.45, 7) is 2.86. The van der Waals surface area contributed by atoms with Crippen LogP contribution in [0.5, 0.6) is 17.2 Å². The van der Waals surface area contributed by atoms with E-state index >= 15 is 0 Å². The van der Waals surface area contributed by atoms with Gasteiger partial charge in [0, 0.05) is 11.5 Å². The van der Waals surface area contributed by atoms with Gasteiger partial charge in [-0.3, -0.25) is 0 Å². The molecule has 1 atom stereocenters. The van der Waals surface area contributed by atoms with Crippen molar-refractivity contribution in [1.82, 2.24) is 0 Å². The smallest absolute Gasteiger partial charge is 0.203 e. The molecule has 0 aliphatic carbocycles. The van der Waals surface area contributed by atoms with Crippen LogP contribution in [0, 0.1) is 0 Å². The molecule has 0 fully saturated rings. The van der Waals surface area contributed by atoms with Crippen molar-refractivity contribution in [1.29, 1.82) is 0 Å². The van der Waals surface area contributed by atoms with Gasteiger partial charge in [-0.2, -0.15) is 0 Å². The van der Waals surface area contributed by atoms with Crippen molar-refractivity contribution in [2.24, 2.45) is 0 Å². The van der Waals surface area contributed by atoms with Crippen LogP contribution in [0.2, 0.25) is 0 Å². The molecule has 0 saturated carbocycles. The Labute approximate surface area is 83.6 Å². The zero-order chi connectivity index (χ0) is 10.1. The Balaban J connectivity index is 2.54. The van der Waals surface area contributed by atoms with Gasteiger partial charge in [-0.1, -0.05) is 13.0 Å². The van der Waals surface area contributed by atoms with Crippen molar-refractivity contribution >= 4 is 0 Å². The van der Waals surface area contributed by atoms with Crippen LogP contribution in [0.15, 0.2) is 12.1 Å². The fourth-order valence-corrected chi connectivity index (χ4v) is 1.75. The normalized spacial score (nSPS) is 18.6. The van der Waals surface area contributed by atoms with Crippen LogP contribution in [0.4, 0.5) is 0 Å². The third kappa shape index (κ3) is 1.20. The van der Waals surface area contributed by atoms with Gasteiger partial charge in [-0.15, -0.1) is 0 Å². The largest absolute Gasteiger partial charge is 0.493 e. The molecule has 1 unspecified atom stereocenters. The van der Waals surface area contributed by atoms with Crippen molar-refractivity contribution in [2.75, 3.05) is 20.8 Å². The minimum atomic E-state index is 0.435. The minimum Gasteiger partial charge on any atom is -0.493 e. The summed E-state index contributed by atoms with van der Waals surface area (Å²) >= 11 is 0.